The van der Waals surface area contributed by atoms with Gasteiger partial charge in [0, 0.05) is 6.92 Å². The lowest BCUT2D eigenvalue weighted by atomic mass is 10.7. The molecule has 114 valence electrons. The van der Waals surface area contributed by atoms with Gasteiger partial charge in [-0.15, -0.1) is 0 Å². The first-order chi connectivity index (χ1) is 9.45. The highest BCUT2D eigenvalue weighted by molar-refractivity contribution is 5.74. The predicted octanol–water partition coefficient (Wildman–Crippen LogP) is -1.20. The molecular formula is C9H16N4O7. The fraction of sp³-hybridized carbons (Fsp3) is 0.556. The van der Waals surface area contributed by atoms with Crippen molar-refractivity contribution in [3.8, 4) is 0 Å². The summed E-state index contributed by atoms with van der Waals surface area (Å²) in [4.78, 5) is 43.1. The van der Waals surface area contributed by atoms with Crippen LogP contribution < -0.4 is 21.3 Å². The molecule has 0 aromatic heterocycles. The molecule has 0 aliphatic heterocycles. The van der Waals surface area contributed by atoms with Gasteiger partial charge in [-0.3, -0.25) is 4.79 Å². The Labute approximate surface area is 114 Å². The summed E-state index contributed by atoms with van der Waals surface area (Å²) in [6, 6.07) is 0. The van der Waals surface area contributed by atoms with Crippen LogP contribution >= 0.6 is 0 Å². The van der Waals surface area contributed by atoms with Crippen LogP contribution in [-0.2, 0) is 19.0 Å². The first-order valence-electron chi connectivity index (χ1n) is 5.33. The Kier molecular flexibility index (Phi) is 8.83. The summed E-state index contributed by atoms with van der Waals surface area (Å²) < 4.78 is 13.1. The average Bonchev–Trinajstić information content (AvgIpc) is 2.38. The number of hydrogen-bond acceptors (Lipinski definition) is 7. The molecule has 0 aromatic carbocycles. The van der Waals surface area contributed by atoms with Crippen molar-refractivity contribution in [3.63, 3.8) is 0 Å². The van der Waals surface area contributed by atoms with Crippen LogP contribution in [0.15, 0.2) is 0 Å². The third-order valence-corrected chi connectivity index (χ3v) is 1.60. The average molecular weight is 292 g/mol. The van der Waals surface area contributed by atoms with E-state index in [9.17, 15) is 19.2 Å². The van der Waals surface area contributed by atoms with Gasteiger partial charge in [0.05, 0.1) is 20.4 Å². The van der Waals surface area contributed by atoms with Gasteiger partial charge in [0.25, 0.3) is 0 Å². The van der Waals surface area contributed by atoms with E-state index in [2.05, 4.69) is 35.5 Å². The fourth-order valence-electron chi connectivity index (χ4n) is 0.740. The van der Waals surface area contributed by atoms with Gasteiger partial charge in [-0.25, -0.2) is 14.4 Å². The minimum absolute atomic E-state index is 0.108. The lowest BCUT2D eigenvalue weighted by molar-refractivity contribution is -0.119. The highest BCUT2D eigenvalue weighted by atomic mass is 16.7. The Hall–Kier alpha value is -2.72. The van der Waals surface area contributed by atoms with Crippen LogP contribution in [0, 0.1) is 0 Å². The minimum Gasteiger partial charge on any atom is -0.453 e. The molecule has 11 nitrogen and oxygen atoms in total. The van der Waals surface area contributed by atoms with Gasteiger partial charge >= 0.3 is 18.3 Å². The van der Waals surface area contributed by atoms with Crippen molar-refractivity contribution < 1.29 is 33.4 Å². The number of methoxy groups -OCH3 is 1. The van der Waals surface area contributed by atoms with Crippen LogP contribution in [0.5, 0.6) is 0 Å². The monoisotopic (exact) mass is 292 g/mol. The molecule has 0 saturated carbocycles. The highest BCUT2D eigenvalue weighted by Gasteiger charge is 2.05. The minimum atomic E-state index is -0.906. The summed E-state index contributed by atoms with van der Waals surface area (Å²) in [5.74, 6) is -0.320. The van der Waals surface area contributed by atoms with Crippen LogP contribution in [0.25, 0.3) is 0 Å². The topological polar surface area (TPSA) is 144 Å². The molecule has 0 heterocycles. The molecule has 0 saturated heterocycles. The smallest absolute Gasteiger partial charge is 0.411 e. The number of ether oxygens (including phenoxy) is 3. The summed E-state index contributed by atoms with van der Waals surface area (Å²) in [6.45, 7) is 0.336. The number of hydrogen-bond donors (Lipinski definition) is 4. The van der Waals surface area contributed by atoms with Gasteiger partial charge in [0.1, 0.15) is 0 Å². The number of amides is 4. The molecule has 0 aliphatic rings. The maximum absolute atomic E-state index is 11.0. The maximum atomic E-state index is 11.0. The van der Waals surface area contributed by atoms with E-state index in [1.54, 1.807) is 0 Å². The van der Waals surface area contributed by atoms with E-state index in [1.165, 1.54) is 14.0 Å². The normalized spacial score (nSPS) is 8.90. The molecule has 0 aliphatic carbocycles. The molecule has 20 heavy (non-hydrogen) atoms. The first kappa shape index (κ1) is 17.3. The van der Waals surface area contributed by atoms with Crippen molar-refractivity contribution in [2.45, 2.75) is 6.92 Å². The zero-order chi connectivity index (χ0) is 15.4. The summed E-state index contributed by atoms with van der Waals surface area (Å²) in [6.07, 6.45) is -2.51. The molecule has 0 aromatic rings. The van der Waals surface area contributed by atoms with Crippen LogP contribution in [0.3, 0.4) is 0 Å². The van der Waals surface area contributed by atoms with Crippen molar-refractivity contribution in [2.75, 3.05) is 27.2 Å². The third-order valence-electron chi connectivity index (χ3n) is 1.60. The predicted molar refractivity (Wildman–Crippen MR) is 63.2 cm³/mol. The molecular weight excluding hydrogens is 276 g/mol. The standard InChI is InChI=1S/C9H16N4O7/c1-6(14)10-3-12-8(16)19-5-20-9(17)13-4-11-7(15)18-2/h3-5H2,1-2H3,(H,10,14)(H,11,15)(H,12,16)(H,13,17). The van der Waals surface area contributed by atoms with Crippen molar-refractivity contribution in [1.82, 2.24) is 21.3 Å². The molecule has 0 rings (SSSR count). The van der Waals surface area contributed by atoms with Gasteiger partial charge in [-0.2, -0.15) is 0 Å². The summed E-state index contributed by atoms with van der Waals surface area (Å²) in [7, 11) is 1.17. The van der Waals surface area contributed by atoms with Crippen molar-refractivity contribution in [1.29, 1.82) is 0 Å². The van der Waals surface area contributed by atoms with E-state index in [0.717, 1.165) is 0 Å². The second-order valence-corrected chi connectivity index (χ2v) is 3.09. The largest absolute Gasteiger partial charge is 0.453 e. The van der Waals surface area contributed by atoms with Crippen LogP contribution in [-0.4, -0.2) is 51.4 Å². The Morgan fingerprint density at radius 3 is 1.70 bits per heavy atom. The lowest BCUT2D eigenvalue weighted by Gasteiger charge is -2.09. The number of rotatable bonds is 6. The molecule has 4 amide bonds. The van der Waals surface area contributed by atoms with Crippen LogP contribution in [0.4, 0.5) is 14.4 Å². The lowest BCUT2D eigenvalue weighted by Crippen LogP contribution is -2.39. The number of nitrogens with one attached hydrogen (secondary N) is 4. The summed E-state index contributed by atoms with van der Waals surface area (Å²) in [5, 5.41) is 8.78. The second-order valence-electron chi connectivity index (χ2n) is 3.09. The molecule has 0 bridgehead atoms. The first-order valence-corrected chi connectivity index (χ1v) is 5.33. The summed E-state index contributed by atoms with van der Waals surface area (Å²) >= 11 is 0. The SMILES string of the molecule is COC(=O)NCNC(=O)OCOC(=O)NCNC(C)=O. The van der Waals surface area contributed by atoms with Crippen LogP contribution in [0.1, 0.15) is 6.92 Å². The van der Waals surface area contributed by atoms with Crippen molar-refractivity contribution in [2.24, 2.45) is 0 Å². The Morgan fingerprint density at radius 2 is 1.25 bits per heavy atom. The van der Waals surface area contributed by atoms with Gasteiger partial charge in [0.15, 0.2) is 0 Å². The van der Waals surface area contributed by atoms with E-state index >= 15 is 0 Å². The number of carbonyl (C=O) groups is 4. The third kappa shape index (κ3) is 10.4. The van der Waals surface area contributed by atoms with Gasteiger partial charge in [-0.1, -0.05) is 0 Å². The van der Waals surface area contributed by atoms with E-state index in [4.69, 9.17) is 0 Å². The Balaban J connectivity index is 3.53. The molecule has 0 spiro atoms. The van der Waals surface area contributed by atoms with E-state index in [0.29, 0.717) is 0 Å². The van der Waals surface area contributed by atoms with Crippen molar-refractivity contribution >= 4 is 24.2 Å². The van der Waals surface area contributed by atoms with Gasteiger partial charge < -0.3 is 35.5 Å². The molecule has 0 radical (unpaired) electrons. The van der Waals surface area contributed by atoms with Crippen molar-refractivity contribution in [3.05, 3.63) is 0 Å². The molecule has 4 N–H and O–H groups in total. The highest BCUT2D eigenvalue weighted by Crippen LogP contribution is 1.81. The van der Waals surface area contributed by atoms with E-state index < -0.39 is 25.1 Å². The fourth-order valence-corrected chi connectivity index (χ4v) is 0.740. The zero-order valence-electron chi connectivity index (χ0n) is 11.0. The van der Waals surface area contributed by atoms with E-state index in [-0.39, 0.29) is 19.2 Å². The Bertz CT molecular complexity index is 360. The Morgan fingerprint density at radius 1 is 0.800 bits per heavy atom. The number of carbonyl (C=O) groups excluding carboxylic acids is 4. The van der Waals surface area contributed by atoms with Crippen LogP contribution in [0.2, 0.25) is 0 Å². The van der Waals surface area contributed by atoms with E-state index in [1.807, 2.05) is 0 Å². The zero-order valence-corrected chi connectivity index (χ0v) is 11.0. The second kappa shape index (κ2) is 10.2. The van der Waals surface area contributed by atoms with Gasteiger partial charge in [0.2, 0.25) is 12.7 Å². The molecule has 0 atom stereocenters. The molecule has 0 fully saturated rings. The summed E-state index contributed by atoms with van der Waals surface area (Å²) in [5.41, 5.74) is 0. The number of alkyl carbamates (subject to hydrolysis) is 3. The van der Waals surface area contributed by atoms with Gasteiger partial charge in [-0.05, 0) is 0 Å². The quantitative estimate of drug-likeness (QED) is 0.450. The molecule has 11 heteroatoms. The maximum Gasteiger partial charge on any atom is 0.411 e. The molecule has 0 unspecified atom stereocenters.